The highest BCUT2D eigenvalue weighted by Gasteiger charge is 2.00. The van der Waals surface area contributed by atoms with Crippen LogP contribution in [0, 0.1) is 0 Å². The Balaban J connectivity index is 2.23. The topological polar surface area (TPSA) is 28.7 Å². The molecule has 0 aliphatic rings. The van der Waals surface area contributed by atoms with E-state index in [-0.39, 0.29) is 0 Å². The molecule has 1 rings (SSSR count). The Kier molecular flexibility index (Phi) is 3.86. The molecule has 0 aromatic carbocycles. The Morgan fingerprint density at radius 1 is 1.64 bits per heavy atom. The fourth-order valence-corrected chi connectivity index (χ4v) is 1.15. The molecule has 0 saturated carbocycles. The summed E-state index contributed by atoms with van der Waals surface area (Å²) in [6.45, 7) is 0. The molecule has 4 heteroatoms. The Morgan fingerprint density at radius 3 is 3.00 bits per heavy atom. The van der Waals surface area contributed by atoms with E-state index >= 15 is 0 Å². The Bertz CT molecular complexity index is 186. The van der Waals surface area contributed by atoms with Crippen LogP contribution in [0.2, 0.25) is 0 Å². The van der Waals surface area contributed by atoms with Crippen LogP contribution in [0.25, 0.3) is 0 Å². The molecule has 1 atom stereocenters. The van der Waals surface area contributed by atoms with Gasteiger partial charge in [-0.15, -0.1) is 0 Å². The Morgan fingerprint density at radius 2 is 2.45 bits per heavy atom. The van der Waals surface area contributed by atoms with Crippen LogP contribution in [0.4, 0.5) is 0 Å². The van der Waals surface area contributed by atoms with Gasteiger partial charge in [-0.1, -0.05) is 0 Å². The molecule has 0 spiro atoms. The second kappa shape index (κ2) is 4.72. The molecule has 1 N–H and O–H groups in total. The summed E-state index contributed by atoms with van der Waals surface area (Å²) in [6, 6.07) is 1.99. The number of nitrogens with zero attached hydrogens (tertiary/aromatic N) is 1. The molecular weight excluding hydrogens is 176 g/mol. The van der Waals surface area contributed by atoms with E-state index in [0.29, 0.717) is 5.25 Å². The van der Waals surface area contributed by atoms with E-state index in [1.54, 1.807) is 6.20 Å². The highest BCUT2D eigenvalue weighted by Crippen LogP contribution is 2.07. The van der Waals surface area contributed by atoms with Gasteiger partial charge in [0.05, 0.1) is 0 Å². The first-order valence-electron chi connectivity index (χ1n) is 3.60. The van der Waals surface area contributed by atoms with Gasteiger partial charge in [-0.2, -0.15) is 30.4 Å². The maximum atomic E-state index is 4.33. The fourth-order valence-electron chi connectivity index (χ4n) is 0.837. The fraction of sp³-hybridized carbons (Fsp3) is 0.571. The molecule has 11 heavy (non-hydrogen) atoms. The third kappa shape index (κ3) is 3.20. The van der Waals surface area contributed by atoms with Crippen molar-refractivity contribution in [2.75, 3.05) is 5.75 Å². The molecule has 0 unspecified atom stereocenters. The van der Waals surface area contributed by atoms with E-state index in [0.717, 1.165) is 18.6 Å². The summed E-state index contributed by atoms with van der Waals surface area (Å²) in [4.78, 5) is 0. The number of rotatable bonds is 4. The largest absolute Gasteiger partial charge is 0.283 e. The second-order valence-electron chi connectivity index (χ2n) is 2.46. The van der Waals surface area contributed by atoms with Crippen LogP contribution in [-0.4, -0.2) is 21.2 Å². The van der Waals surface area contributed by atoms with Gasteiger partial charge in [0.1, 0.15) is 0 Å². The number of aryl methyl sites for hydroxylation is 1. The minimum absolute atomic E-state index is 0.390. The zero-order chi connectivity index (χ0) is 8.10. The zero-order valence-corrected chi connectivity index (χ0v) is 7.98. The molecule has 1 aromatic heterocycles. The maximum Gasteiger partial charge on any atom is 0.0490 e. The van der Waals surface area contributed by atoms with Crippen molar-refractivity contribution in [3.05, 3.63) is 18.0 Å². The summed E-state index contributed by atoms with van der Waals surface area (Å²) in [5.41, 5.74) is 1.17. The van der Waals surface area contributed by atoms with Gasteiger partial charge in [0.25, 0.3) is 0 Å². The summed E-state index contributed by atoms with van der Waals surface area (Å²) < 4.78 is 0. The lowest BCUT2D eigenvalue weighted by Crippen LogP contribution is -2.02. The van der Waals surface area contributed by atoms with Gasteiger partial charge < -0.3 is 0 Å². The summed E-state index contributed by atoms with van der Waals surface area (Å²) >= 11 is 8.48. The number of aromatic nitrogens is 2. The second-order valence-corrected chi connectivity index (χ2v) is 3.55. The summed E-state index contributed by atoms with van der Waals surface area (Å²) in [5, 5.41) is 7.16. The minimum Gasteiger partial charge on any atom is -0.283 e. The van der Waals surface area contributed by atoms with Crippen molar-refractivity contribution in [3.8, 4) is 0 Å². The average Bonchev–Trinajstić information content (AvgIpc) is 2.52. The van der Waals surface area contributed by atoms with Gasteiger partial charge in [0.15, 0.2) is 0 Å². The van der Waals surface area contributed by atoms with E-state index < -0.39 is 0 Å². The van der Waals surface area contributed by atoms with E-state index in [1.807, 2.05) is 6.07 Å². The maximum absolute atomic E-state index is 4.33. The first-order valence-corrected chi connectivity index (χ1v) is 4.75. The lowest BCUT2D eigenvalue weighted by atomic mass is 10.2. The predicted molar refractivity (Wildman–Crippen MR) is 53.5 cm³/mol. The standard InChI is InChI=1S/C7H12N2S2/c10-5-7(11)2-1-6-3-4-8-9-6/h3-4,7,10-11H,1-2,5H2,(H,8,9)/t7-/m1/s1. The Labute approximate surface area is 77.6 Å². The van der Waals surface area contributed by atoms with E-state index in [1.165, 1.54) is 5.69 Å². The van der Waals surface area contributed by atoms with Crippen molar-refractivity contribution in [1.82, 2.24) is 10.2 Å². The van der Waals surface area contributed by atoms with E-state index in [9.17, 15) is 0 Å². The first-order chi connectivity index (χ1) is 5.33. The molecule has 0 fully saturated rings. The molecule has 0 aliphatic heterocycles. The third-order valence-corrected chi connectivity index (χ3v) is 2.69. The highest BCUT2D eigenvalue weighted by molar-refractivity contribution is 7.84. The predicted octanol–water partition coefficient (Wildman–Crippen LogP) is 1.57. The summed E-state index contributed by atoms with van der Waals surface area (Å²) in [6.07, 6.45) is 3.83. The van der Waals surface area contributed by atoms with E-state index in [2.05, 4.69) is 35.5 Å². The molecule has 0 bridgehead atoms. The third-order valence-electron chi connectivity index (χ3n) is 1.52. The number of thiol groups is 2. The van der Waals surface area contributed by atoms with Crippen LogP contribution in [-0.2, 0) is 6.42 Å². The van der Waals surface area contributed by atoms with Crippen molar-refractivity contribution in [1.29, 1.82) is 0 Å². The van der Waals surface area contributed by atoms with Gasteiger partial charge >= 0.3 is 0 Å². The van der Waals surface area contributed by atoms with E-state index in [4.69, 9.17) is 0 Å². The Hall–Kier alpha value is -0.0900. The van der Waals surface area contributed by atoms with Crippen LogP contribution in [0.15, 0.2) is 12.3 Å². The molecule has 0 amide bonds. The minimum atomic E-state index is 0.390. The summed E-state index contributed by atoms with van der Waals surface area (Å²) in [7, 11) is 0. The van der Waals surface area contributed by atoms with Gasteiger partial charge in [0.2, 0.25) is 0 Å². The molecular formula is C7H12N2S2. The number of H-pyrrole nitrogens is 1. The van der Waals surface area contributed by atoms with Crippen molar-refractivity contribution in [3.63, 3.8) is 0 Å². The number of hydrogen-bond donors (Lipinski definition) is 3. The SMILES string of the molecule is SC[C@H](S)CCc1ccn[nH]1. The van der Waals surface area contributed by atoms with Crippen LogP contribution >= 0.6 is 25.3 Å². The molecule has 0 radical (unpaired) electrons. The highest BCUT2D eigenvalue weighted by atomic mass is 32.1. The lowest BCUT2D eigenvalue weighted by molar-refractivity contribution is 0.796. The van der Waals surface area contributed by atoms with Gasteiger partial charge in [-0.25, -0.2) is 0 Å². The van der Waals surface area contributed by atoms with Crippen molar-refractivity contribution < 1.29 is 0 Å². The van der Waals surface area contributed by atoms with Crippen molar-refractivity contribution >= 4 is 25.3 Å². The van der Waals surface area contributed by atoms with Gasteiger partial charge in [-0.3, -0.25) is 5.10 Å². The number of hydrogen-bond acceptors (Lipinski definition) is 3. The van der Waals surface area contributed by atoms with Crippen LogP contribution in [0.3, 0.4) is 0 Å². The molecule has 2 nitrogen and oxygen atoms in total. The molecule has 1 aromatic rings. The summed E-state index contributed by atoms with van der Waals surface area (Å²) in [5.74, 6) is 0.831. The smallest absolute Gasteiger partial charge is 0.0490 e. The van der Waals surface area contributed by atoms with Crippen molar-refractivity contribution in [2.45, 2.75) is 18.1 Å². The normalized spacial score (nSPS) is 13.3. The zero-order valence-electron chi connectivity index (χ0n) is 6.20. The molecule has 0 saturated heterocycles. The quantitative estimate of drug-likeness (QED) is 0.615. The molecule has 0 aliphatic carbocycles. The number of aromatic amines is 1. The molecule has 62 valence electrons. The average molecular weight is 188 g/mol. The van der Waals surface area contributed by atoms with Crippen LogP contribution < -0.4 is 0 Å². The lowest BCUT2D eigenvalue weighted by Gasteiger charge is -2.04. The van der Waals surface area contributed by atoms with Crippen LogP contribution in [0.1, 0.15) is 12.1 Å². The van der Waals surface area contributed by atoms with Crippen molar-refractivity contribution in [2.24, 2.45) is 0 Å². The molecule has 1 heterocycles. The monoisotopic (exact) mass is 188 g/mol. The van der Waals surface area contributed by atoms with Gasteiger partial charge in [0, 0.05) is 22.9 Å². The van der Waals surface area contributed by atoms with Crippen LogP contribution in [0.5, 0.6) is 0 Å². The number of nitrogens with one attached hydrogen (secondary N) is 1. The van der Waals surface area contributed by atoms with Gasteiger partial charge in [-0.05, 0) is 18.9 Å². The first kappa shape index (κ1) is 9.00.